The predicted octanol–water partition coefficient (Wildman–Crippen LogP) is 1.34. The van der Waals surface area contributed by atoms with Gasteiger partial charge in [-0.15, -0.1) is 0 Å². The zero-order valence-corrected chi connectivity index (χ0v) is 15.4. The van der Waals surface area contributed by atoms with Crippen LogP contribution in [-0.4, -0.2) is 51.2 Å². The van der Waals surface area contributed by atoms with Crippen molar-refractivity contribution in [3.63, 3.8) is 0 Å². The zero-order valence-electron chi connectivity index (χ0n) is 14.6. The number of sulfonamides is 1. The molecule has 1 aromatic rings. The minimum atomic E-state index is -3.11. The fourth-order valence-corrected chi connectivity index (χ4v) is 3.36. The first-order valence-corrected chi connectivity index (χ1v) is 10.3. The lowest BCUT2D eigenvalue weighted by Gasteiger charge is -2.31. The van der Waals surface area contributed by atoms with Crippen molar-refractivity contribution < 1.29 is 8.42 Å². The van der Waals surface area contributed by atoms with Crippen molar-refractivity contribution in [2.24, 2.45) is 4.99 Å². The smallest absolute Gasteiger partial charge is 0.211 e. The molecule has 1 heterocycles. The van der Waals surface area contributed by atoms with Gasteiger partial charge in [0.05, 0.1) is 5.75 Å². The number of guanidine groups is 1. The van der Waals surface area contributed by atoms with Crippen molar-refractivity contribution in [3.05, 3.63) is 35.4 Å². The van der Waals surface area contributed by atoms with E-state index >= 15 is 0 Å². The Kier molecular flexibility index (Phi) is 7.05. The molecule has 0 aliphatic carbocycles. The molecule has 0 aromatic heterocycles. The fourth-order valence-electron chi connectivity index (χ4n) is 2.70. The Morgan fingerprint density at radius 2 is 2.00 bits per heavy atom. The van der Waals surface area contributed by atoms with Gasteiger partial charge in [0.15, 0.2) is 5.96 Å². The van der Waals surface area contributed by atoms with Gasteiger partial charge in [-0.3, -0.25) is 4.99 Å². The summed E-state index contributed by atoms with van der Waals surface area (Å²) in [7, 11) is -3.11. The zero-order chi connectivity index (χ0) is 17.4. The predicted molar refractivity (Wildman–Crippen MR) is 98.6 cm³/mol. The number of hydrogen-bond donors (Lipinski definition) is 2. The second kappa shape index (κ2) is 9.03. The average Bonchev–Trinajstić information content (AvgIpc) is 2.60. The Bertz CT molecular complexity index is 658. The number of aliphatic imine (C=N–C) groups is 1. The van der Waals surface area contributed by atoms with E-state index < -0.39 is 10.0 Å². The molecule has 0 saturated carbocycles. The van der Waals surface area contributed by atoms with E-state index in [0.29, 0.717) is 19.5 Å². The molecule has 134 valence electrons. The number of rotatable bonds is 7. The lowest BCUT2D eigenvalue weighted by molar-refractivity contribution is 0.378. The molecule has 7 heteroatoms. The first kappa shape index (κ1) is 18.7. The maximum absolute atomic E-state index is 11.4. The summed E-state index contributed by atoms with van der Waals surface area (Å²) in [5, 5.41) is 3.34. The molecule has 24 heavy (non-hydrogen) atoms. The van der Waals surface area contributed by atoms with Crippen LogP contribution >= 0.6 is 0 Å². The summed E-state index contributed by atoms with van der Waals surface area (Å²) in [6, 6.07) is 8.53. The fraction of sp³-hybridized carbons (Fsp3) is 0.588. The third-order valence-corrected chi connectivity index (χ3v) is 5.47. The van der Waals surface area contributed by atoms with Crippen LogP contribution in [0.15, 0.2) is 29.3 Å². The molecule has 0 radical (unpaired) electrons. The maximum atomic E-state index is 11.4. The summed E-state index contributed by atoms with van der Waals surface area (Å²) in [4.78, 5) is 6.92. The summed E-state index contributed by atoms with van der Waals surface area (Å²) < 4.78 is 25.4. The van der Waals surface area contributed by atoms with Crippen molar-refractivity contribution in [2.45, 2.75) is 33.2 Å². The second-order valence-electron chi connectivity index (χ2n) is 5.83. The Balaban J connectivity index is 1.90. The molecule has 0 saturated heterocycles. The van der Waals surface area contributed by atoms with E-state index in [-0.39, 0.29) is 5.75 Å². The number of benzene rings is 1. The highest BCUT2D eigenvalue weighted by Gasteiger charge is 2.18. The monoisotopic (exact) mass is 352 g/mol. The van der Waals surface area contributed by atoms with Gasteiger partial charge in [0.2, 0.25) is 10.0 Å². The number of nitrogens with zero attached hydrogens (tertiary/aromatic N) is 2. The van der Waals surface area contributed by atoms with Crippen molar-refractivity contribution in [1.82, 2.24) is 14.9 Å². The molecule has 1 aliphatic heterocycles. The lowest BCUT2D eigenvalue weighted by atomic mass is 10.0. The summed E-state index contributed by atoms with van der Waals surface area (Å²) >= 11 is 0. The Morgan fingerprint density at radius 3 is 2.71 bits per heavy atom. The molecule has 0 spiro atoms. The van der Waals surface area contributed by atoms with Gasteiger partial charge in [-0.25, -0.2) is 13.1 Å². The van der Waals surface area contributed by atoms with E-state index in [1.807, 2.05) is 0 Å². The minimum absolute atomic E-state index is 0.117. The molecule has 0 atom stereocenters. The van der Waals surface area contributed by atoms with Crippen LogP contribution in [0.2, 0.25) is 0 Å². The highest BCUT2D eigenvalue weighted by molar-refractivity contribution is 7.89. The van der Waals surface area contributed by atoms with Gasteiger partial charge in [-0.05, 0) is 37.8 Å². The van der Waals surface area contributed by atoms with Gasteiger partial charge < -0.3 is 10.2 Å². The molecule has 2 N–H and O–H groups in total. The Hall–Kier alpha value is -1.60. The van der Waals surface area contributed by atoms with Gasteiger partial charge >= 0.3 is 0 Å². The first-order valence-electron chi connectivity index (χ1n) is 8.63. The molecule has 1 aliphatic rings. The first-order chi connectivity index (χ1) is 11.6. The maximum Gasteiger partial charge on any atom is 0.211 e. The van der Waals surface area contributed by atoms with Crippen LogP contribution in [0.3, 0.4) is 0 Å². The van der Waals surface area contributed by atoms with Gasteiger partial charge in [0, 0.05) is 32.7 Å². The molecular formula is C17H28N4O2S. The highest BCUT2D eigenvalue weighted by atomic mass is 32.2. The molecule has 0 bridgehead atoms. The van der Waals surface area contributed by atoms with Crippen molar-refractivity contribution >= 4 is 16.0 Å². The average molecular weight is 353 g/mol. The van der Waals surface area contributed by atoms with Crippen LogP contribution < -0.4 is 10.0 Å². The van der Waals surface area contributed by atoms with E-state index in [0.717, 1.165) is 32.0 Å². The van der Waals surface area contributed by atoms with Crippen molar-refractivity contribution in [1.29, 1.82) is 0 Å². The minimum Gasteiger partial charge on any atom is -0.357 e. The van der Waals surface area contributed by atoms with E-state index in [4.69, 9.17) is 0 Å². The highest BCUT2D eigenvalue weighted by Crippen LogP contribution is 2.18. The second-order valence-corrected chi connectivity index (χ2v) is 7.92. The standard InChI is InChI=1S/C17H28N4O2S/c1-3-18-17(19-11-7-12-20-24(22,23)4-2)21-13-10-15-8-5-6-9-16(15)14-21/h5-6,8-9,20H,3-4,7,10-14H2,1-2H3,(H,18,19). The largest absolute Gasteiger partial charge is 0.357 e. The third kappa shape index (κ3) is 5.49. The topological polar surface area (TPSA) is 73.8 Å². The van der Waals surface area contributed by atoms with Crippen molar-refractivity contribution in [3.8, 4) is 0 Å². The summed E-state index contributed by atoms with van der Waals surface area (Å²) in [5.74, 6) is 1.02. The van der Waals surface area contributed by atoms with E-state index in [1.165, 1.54) is 11.1 Å². The van der Waals surface area contributed by atoms with Crippen LogP contribution in [0, 0.1) is 0 Å². The summed E-state index contributed by atoms with van der Waals surface area (Å²) in [6.07, 6.45) is 1.72. The van der Waals surface area contributed by atoms with Gasteiger partial charge in [0.25, 0.3) is 0 Å². The quantitative estimate of drug-likeness (QED) is 0.441. The van der Waals surface area contributed by atoms with Crippen LogP contribution in [0.4, 0.5) is 0 Å². The molecular weight excluding hydrogens is 324 g/mol. The van der Waals surface area contributed by atoms with Gasteiger partial charge in [0.1, 0.15) is 0 Å². The molecule has 0 amide bonds. The Labute approximate surface area is 145 Å². The van der Waals surface area contributed by atoms with Gasteiger partial charge in [-0.2, -0.15) is 0 Å². The SMILES string of the molecule is CCNC(=NCCCNS(=O)(=O)CC)N1CCc2ccccc2C1. The van der Waals surface area contributed by atoms with E-state index in [2.05, 4.69) is 51.1 Å². The van der Waals surface area contributed by atoms with E-state index in [9.17, 15) is 8.42 Å². The number of nitrogens with one attached hydrogen (secondary N) is 2. The third-order valence-electron chi connectivity index (χ3n) is 4.06. The molecule has 0 unspecified atom stereocenters. The number of hydrogen-bond acceptors (Lipinski definition) is 3. The molecule has 6 nitrogen and oxygen atoms in total. The van der Waals surface area contributed by atoms with Crippen LogP contribution in [-0.2, 0) is 23.0 Å². The molecule has 1 aromatic carbocycles. The normalized spacial score (nSPS) is 15.2. The van der Waals surface area contributed by atoms with E-state index in [1.54, 1.807) is 6.92 Å². The Morgan fingerprint density at radius 1 is 1.25 bits per heavy atom. The summed E-state index contributed by atoms with van der Waals surface area (Å²) in [5.41, 5.74) is 2.77. The van der Waals surface area contributed by atoms with Crippen LogP contribution in [0.1, 0.15) is 31.4 Å². The molecule has 2 rings (SSSR count). The number of fused-ring (bicyclic) bond motifs is 1. The van der Waals surface area contributed by atoms with Crippen LogP contribution in [0.5, 0.6) is 0 Å². The van der Waals surface area contributed by atoms with Crippen molar-refractivity contribution in [2.75, 3.05) is 31.9 Å². The summed E-state index contributed by atoms with van der Waals surface area (Å²) in [6.45, 7) is 7.37. The van der Waals surface area contributed by atoms with Crippen LogP contribution in [0.25, 0.3) is 0 Å². The lowest BCUT2D eigenvalue weighted by Crippen LogP contribution is -2.44. The molecule has 0 fully saturated rings. The van der Waals surface area contributed by atoms with Gasteiger partial charge in [-0.1, -0.05) is 24.3 Å².